The van der Waals surface area contributed by atoms with Gasteiger partial charge in [-0.1, -0.05) is 11.6 Å². The monoisotopic (exact) mass is 365 g/mol. The SMILES string of the molecule is Cc1cc(Cl)ccc1NC(=S)N1CC(C)N(C)C(C(F)(F)F)C1. The zero-order valence-corrected chi connectivity index (χ0v) is 14.7. The maximum absolute atomic E-state index is 13.2. The number of piperazine rings is 1. The standard InChI is InChI=1S/C15H19ClF3N3S/c1-9-6-11(16)4-5-12(9)20-14(23)22-7-10(2)21(3)13(8-22)15(17,18)19/h4-6,10,13H,7-8H2,1-3H3,(H,20,23). The summed E-state index contributed by atoms with van der Waals surface area (Å²) in [6, 6.07) is 3.48. The van der Waals surface area contributed by atoms with Crippen molar-refractivity contribution in [1.29, 1.82) is 0 Å². The highest BCUT2D eigenvalue weighted by molar-refractivity contribution is 7.80. The number of alkyl halides is 3. The van der Waals surface area contributed by atoms with Gasteiger partial charge in [-0.05, 0) is 56.9 Å². The van der Waals surface area contributed by atoms with Gasteiger partial charge in [-0.25, -0.2) is 0 Å². The third-order valence-corrected chi connectivity index (χ3v) is 4.76. The molecule has 1 aromatic carbocycles. The largest absolute Gasteiger partial charge is 0.405 e. The number of hydrogen-bond donors (Lipinski definition) is 1. The zero-order valence-electron chi connectivity index (χ0n) is 13.1. The molecule has 0 aliphatic carbocycles. The van der Waals surface area contributed by atoms with Gasteiger partial charge in [0.25, 0.3) is 0 Å². The predicted molar refractivity (Wildman–Crippen MR) is 91.1 cm³/mol. The second-order valence-corrected chi connectivity index (χ2v) is 6.69. The van der Waals surface area contributed by atoms with E-state index >= 15 is 0 Å². The van der Waals surface area contributed by atoms with Crippen molar-refractivity contribution in [3.63, 3.8) is 0 Å². The molecule has 0 radical (unpaired) electrons. The van der Waals surface area contributed by atoms with Gasteiger partial charge in [-0.15, -0.1) is 0 Å². The molecule has 1 aliphatic rings. The lowest BCUT2D eigenvalue weighted by molar-refractivity contribution is -0.195. The molecule has 1 aliphatic heterocycles. The molecule has 3 nitrogen and oxygen atoms in total. The van der Waals surface area contributed by atoms with E-state index < -0.39 is 12.2 Å². The smallest absolute Gasteiger partial charge is 0.346 e. The Morgan fingerprint density at radius 2 is 2.00 bits per heavy atom. The molecular formula is C15H19ClF3N3S. The fourth-order valence-electron chi connectivity index (χ4n) is 2.63. The molecule has 1 aromatic rings. The van der Waals surface area contributed by atoms with Crippen LogP contribution in [0.2, 0.25) is 5.02 Å². The van der Waals surface area contributed by atoms with E-state index in [0.29, 0.717) is 16.7 Å². The minimum atomic E-state index is -4.28. The van der Waals surface area contributed by atoms with Crippen molar-refractivity contribution in [2.75, 3.05) is 25.5 Å². The maximum atomic E-state index is 13.2. The maximum Gasteiger partial charge on any atom is 0.405 e. The predicted octanol–water partition coefficient (Wildman–Crippen LogP) is 3.91. The third kappa shape index (κ3) is 4.28. The Hall–Kier alpha value is -1.05. The minimum Gasteiger partial charge on any atom is -0.346 e. The van der Waals surface area contributed by atoms with Gasteiger partial charge in [0.1, 0.15) is 6.04 Å². The number of hydrogen-bond acceptors (Lipinski definition) is 2. The number of nitrogens with one attached hydrogen (secondary N) is 1. The normalized spacial score (nSPS) is 23.0. The van der Waals surface area contributed by atoms with Gasteiger partial charge in [0, 0.05) is 29.8 Å². The Kier molecular flexibility index (Phi) is 5.43. The van der Waals surface area contributed by atoms with E-state index in [1.54, 1.807) is 30.0 Å². The van der Waals surface area contributed by atoms with E-state index in [1.807, 2.05) is 6.92 Å². The number of likely N-dealkylation sites (N-methyl/N-ethyl adjacent to an activating group) is 1. The van der Waals surface area contributed by atoms with E-state index in [1.165, 1.54) is 11.9 Å². The average Bonchev–Trinajstić information content (AvgIpc) is 2.43. The lowest BCUT2D eigenvalue weighted by Gasteiger charge is -2.45. The van der Waals surface area contributed by atoms with Crippen molar-refractivity contribution in [2.24, 2.45) is 0 Å². The molecule has 1 N–H and O–H groups in total. The van der Waals surface area contributed by atoms with E-state index in [2.05, 4.69) is 5.32 Å². The van der Waals surface area contributed by atoms with Crippen LogP contribution in [0.3, 0.4) is 0 Å². The summed E-state index contributed by atoms with van der Waals surface area (Å²) in [6.07, 6.45) is -4.28. The Morgan fingerprint density at radius 3 is 2.57 bits per heavy atom. The first-order valence-corrected chi connectivity index (χ1v) is 7.99. The Morgan fingerprint density at radius 1 is 1.35 bits per heavy atom. The minimum absolute atomic E-state index is 0.178. The van der Waals surface area contributed by atoms with Gasteiger partial charge in [-0.3, -0.25) is 4.90 Å². The highest BCUT2D eigenvalue weighted by Crippen LogP contribution is 2.29. The number of rotatable bonds is 1. The van der Waals surface area contributed by atoms with Crippen LogP contribution in [0.4, 0.5) is 18.9 Å². The van der Waals surface area contributed by atoms with Crippen molar-refractivity contribution in [1.82, 2.24) is 9.80 Å². The number of aryl methyl sites for hydroxylation is 1. The number of benzene rings is 1. The summed E-state index contributed by atoms with van der Waals surface area (Å²) < 4.78 is 39.6. The first-order valence-electron chi connectivity index (χ1n) is 7.20. The molecule has 128 valence electrons. The van der Waals surface area contributed by atoms with Crippen LogP contribution in [-0.2, 0) is 0 Å². The quantitative estimate of drug-likeness (QED) is 0.760. The fourth-order valence-corrected chi connectivity index (χ4v) is 3.11. The van der Waals surface area contributed by atoms with Gasteiger partial charge < -0.3 is 10.2 Å². The van der Waals surface area contributed by atoms with Crippen molar-refractivity contribution in [2.45, 2.75) is 32.1 Å². The zero-order chi connectivity index (χ0) is 17.4. The highest BCUT2D eigenvalue weighted by Gasteiger charge is 2.47. The highest BCUT2D eigenvalue weighted by atomic mass is 35.5. The molecule has 1 fully saturated rings. The summed E-state index contributed by atoms with van der Waals surface area (Å²) >= 11 is 11.2. The molecule has 1 heterocycles. The molecule has 0 bridgehead atoms. The lowest BCUT2D eigenvalue weighted by Crippen LogP contribution is -2.62. The number of nitrogens with zero attached hydrogens (tertiary/aromatic N) is 2. The number of anilines is 1. The van der Waals surface area contributed by atoms with Crippen LogP contribution in [-0.4, -0.2) is 53.3 Å². The topological polar surface area (TPSA) is 18.5 Å². The van der Waals surface area contributed by atoms with E-state index in [0.717, 1.165) is 11.3 Å². The van der Waals surface area contributed by atoms with Gasteiger partial charge in [0.2, 0.25) is 0 Å². The molecule has 1 saturated heterocycles. The Labute approximate surface area is 144 Å². The molecule has 0 aromatic heterocycles. The van der Waals surface area contributed by atoms with Crippen molar-refractivity contribution < 1.29 is 13.2 Å². The number of thiocarbonyl (C=S) groups is 1. The summed E-state index contributed by atoms with van der Waals surface area (Å²) in [5.41, 5.74) is 1.63. The van der Waals surface area contributed by atoms with Gasteiger partial charge >= 0.3 is 6.18 Å². The second-order valence-electron chi connectivity index (χ2n) is 5.87. The molecule has 23 heavy (non-hydrogen) atoms. The fraction of sp³-hybridized carbons (Fsp3) is 0.533. The van der Waals surface area contributed by atoms with Crippen LogP contribution < -0.4 is 5.32 Å². The Bertz CT molecular complexity index is 594. The molecule has 2 rings (SSSR count). The van der Waals surface area contributed by atoms with Crippen LogP contribution in [0.25, 0.3) is 0 Å². The van der Waals surface area contributed by atoms with Crippen LogP contribution in [0.1, 0.15) is 12.5 Å². The molecule has 2 unspecified atom stereocenters. The summed E-state index contributed by atoms with van der Waals surface area (Å²) in [5, 5.41) is 3.92. The van der Waals surface area contributed by atoms with E-state index in [9.17, 15) is 13.2 Å². The first-order chi connectivity index (χ1) is 10.6. The van der Waals surface area contributed by atoms with Gasteiger partial charge in [-0.2, -0.15) is 13.2 Å². The summed E-state index contributed by atoms with van der Waals surface area (Å²) in [6.45, 7) is 3.90. The molecule has 0 saturated carbocycles. The van der Waals surface area contributed by atoms with E-state index in [4.69, 9.17) is 23.8 Å². The van der Waals surface area contributed by atoms with Gasteiger partial charge in [0.15, 0.2) is 5.11 Å². The van der Waals surface area contributed by atoms with Crippen molar-refractivity contribution in [3.8, 4) is 0 Å². The second kappa shape index (κ2) is 6.83. The van der Waals surface area contributed by atoms with E-state index in [-0.39, 0.29) is 12.6 Å². The molecule has 0 spiro atoms. The average molecular weight is 366 g/mol. The molecular weight excluding hydrogens is 347 g/mol. The van der Waals surface area contributed by atoms with Crippen LogP contribution in [0.5, 0.6) is 0 Å². The van der Waals surface area contributed by atoms with Crippen LogP contribution >= 0.6 is 23.8 Å². The van der Waals surface area contributed by atoms with Crippen LogP contribution in [0, 0.1) is 6.92 Å². The molecule has 0 amide bonds. The summed E-state index contributed by atoms with van der Waals surface area (Å²) in [7, 11) is 1.50. The third-order valence-electron chi connectivity index (χ3n) is 4.16. The number of halogens is 4. The Balaban J connectivity index is 2.12. The summed E-state index contributed by atoms with van der Waals surface area (Å²) in [4.78, 5) is 2.93. The van der Waals surface area contributed by atoms with Crippen molar-refractivity contribution in [3.05, 3.63) is 28.8 Å². The summed E-state index contributed by atoms with van der Waals surface area (Å²) in [5.74, 6) is 0. The van der Waals surface area contributed by atoms with Crippen molar-refractivity contribution >= 4 is 34.6 Å². The first kappa shape index (κ1) is 18.3. The molecule has 2 atom stereocenters. The molecule has 8 heteroatoms. The lowest BCUT2D eigenvalue weighted by atomic mass is 10.1. The van der Waals surface area contributed by atoms with Gasteiger partial charge in [0.05, 0.1) is 0 Å². The van der Waals surface area contributed by atoms with Crippen LogP contribution in [0.15, 0.2) is 18.2 Å².